The first-order valence-electron chi connectivity index (χ1n) is 8.40. The van der Waals surface area contributed by atoms with Crippen LogP contribution in [0.2, 0.25) is 0 Å². The molecule has 27 heavy (non-hydrogen) atoms. The van der Waals surface area contributed by atoms with Gasteiger partial charge >= 0.3 is 0 Å². The number of nitrogens with zero attached hydrogens (tertiary/aromatic N) is 3. The average Bonchev–Trinajstić information content (AvgIpc) is 3.05. The number of aryl methyl sites for hydroxylation is 2. The van der Waals surface area contributed by atoms with E-state index in [0.717, 1.165) is 17.1 Å². The maximum atomic E-state index is 12.6. The smallest absolute Gasteiger partial charge is 0.196 e. The zero-order valence-corrected chi connectivity index (χ0v) is 16.5. The summed E-state index contributed by atoms with van der Waals surface area (Å²) in [6, 6.07) is 13.3. The van der Waals surface area contributed by atoms with E-state index in [-0.39, 0.29) is 11.5 Å². The number of carbonyl (C=O) groups excluding carboxylic acids is 1. The van der Waals surface area contributed by atoms with Crippen molar-refractivity contribution in [1.82, 2.24) is 14.8 Å². The summed E-state index contributed by atoms with van der Waals surface area (Å²) in [5.41, 5.74) is 2.70. The van der Waals surface area contributed by atoms with Crippen molar-refractivity contribution in [3.8, 4) is 17.2 Å². The molecule has 0 bridgehead atoms. The third-order valence-electron chi connectivity index (χ3n) is 4.09. The molecule has 7 heteroatoms. The molecule has 0 aliphatic heterocycles. The maximum absolute atomic E-state index is 12.6. The van der Waals surface area contributed by atoms with Gasteiger partial charge in [-0.05, 0) is 49.7 Å². The Bertz CT molecular complexity index is 969. The molecule has 0 aliphatic carbocycles. The van der Waals surface area contributed by atoms with Crippen LogP contribution in [0, 0.1) is 13.8 Å². The molecule has 0 atom stereocenters. The SMILES string of the molecule is COc1ccc(C(=O)CSc2nnc(C)n2-c2cccc(C)c2)cc1OC. The second kappa shape index (κ2) is 8.26. The monoisotopic (exact) mass is 383 g/mol. The lowest BCUT2D eigenvalue weighted by molar-refractivity contribution is 0.102. The van der Waals surface area contributed by atoms with Crippen LogP contribution in [-0.2, 0) is 0 Å². The van der Waals surface area contributed by atoms with Crippen molar-refractivity contribution in [3.63, 3.8) is 0 Å². The van der Waals surface area contributed by atoms with E-state index in [0.29, 0.717) is 22.2 Å². The highest BCUT2D eigenvalue weighted by atomic mass is 32.2. The number of carbonyl (C=O) groups is 1. The Kier molecular flexibility index (Phi) is 5.81. The quantitative estimate of drug-likeness (QED) is 0.456. The molecule has 1 heterocycles. The molecule has 0 spiro atoms. The Labute approximate surface area is 162 Å². The number of Topliss-reactive ketones (excluding diaryl/α,β-unsaturated/α-hetero) is 1. The molecule has 2 aromatic carbocycles. The van der Waals surface area contributed by atoms with E-state index < -0.39 is 0 Å². The Balaban J connectivity index is 1.79. The Hall–Kier alpha value is -2.80. The molecule has 3 aromatic rings. The van der Waals surface area contributed by atoms with Gasteiger partial charge in [0, 0.05) is 11.3 Å². The highest BCUT2D eigenvalue weighted by Crippen LogP contribution is 2.29. The molecule has 0 unspecified atom stereocenters. The summed E-state index contributed by atoms with van der Waals surface area (Å²) < 4.78 is 12.4. The molecule has 0 fully saturated rings. The molecule has 6 nitrogen and oxygen atoms in total. The number of hydrogen-bond acceptors (Lipinski definition) is 6. The maximum Gasteiger partial charge on any atom is 0.196 e. The number of benzene rings is 2. The highest BCUT2D eigenvalue weighted by molar-refractivity contribution is 7.99. The average molecular weight is 383 g/mol. The van der Waals surface area contributed by atoms with Gasteiger partial charge in [0.05, 0.1) is 20.0 Å². The van der Waals surface area contributed by atoms with Crippen LogP contribution in [0.5, 0.6) is 11.5 Å². The van der Waals surface area contributed by atoms with Crippen molar-refractivity contribution in [2.24, 2.45) is 0 Å². The predicted molar refractivity (Wildman–Crippen MR) is 105 cm³/mol. The van der Waals surface area contributed by atoms with Crippen LogP contribution in [0.25, 0.3) is 5.69 Å². The number of ether oxygens (including phenoxy) is 2. The third kappa shape index (κ3) is 4.14. The molecule has 0 amide bonds. The summed E-state index contributed by atoms with van der Waals surface area (Å²) in [5, 5.41) is 9.08. The van der Waals surface area contributed by atoms with Crippen molar-refractivity contribution in [2.75, 3.05) is 20.0 Å². The van der Waals surface area contributed by atoms with Gasteiger partial charge < -0.3 is 9.47 Å². The van der Waals surface area contributed by atoms with Gasteiger partial charge in [-0.25, -0.2) is 0 Å². The van der Waals surface area contributed by atoms with Crippen LogP contribution in [-0.4, -0.2) is 40.5 Å². The largest absolute Gasteiger partial charge is 0.493 e. The first-order valence-corrected chi connectivity index (χ1v) is 9.39. The van der Waals surface area contributed by atoms with E-state index >= 15 is 0 Å². The Morgan fingerprint density at radius 1 is 1.04 bits per heavy atom. The van der Waals surface area contributed by atoms with Gasteiger partial charge in [0.1, 0.15) is 5.82 Å². The Morgan fingerprint density at radius 3 is 2.52 bits per heavy atom. The van der Waals surface area contributed by atoms with E-state index in [9.17, 15) is 4.79 Å². The molecule has 1 aromatic heterocycles. The number of hydrogen-bond donors (Lipinski definition) is 0. The third-order valence-corrected chi connectivity index (χ3v) is 5.02. The summed E-state index contributed by atoms with van der Waals surface area (Å²) >= 11 is 1.36. The number of methoxy groups -OCH3 is 2. The lowest BCUT2D eigenvalue weighted by Crippen LogP contribution is -2.05. The fraction of sp³-hybridized carbons (Fsp3) is 0.250. The number of aromatic nitrogens is 3. The van der Waals surface area contributed by atoms with E-state index in [1.54, 1.807) is 32.4 Å². The predicted octanol–water partition coefficient (Wildman–Crippen LogP) is 3.88. The Morgan fingerprint density at radius 2 is 1.81 bits per heavy atom. The van der Waals surface area contributed by atoms with Crippen LogP contribution in [0.3, 0.4) is 0 Å². The molecule has 0 saturated carbocycles. The van der Waals surface area contributed by atoms with Crippen LogP contribution in [0.1, 0.15) is 21.7 Å². The van der Waals surface area contributed by atoms with Gasteiger partial charge in [-0.3, -0.25) is 9.36 Å². The van der Waals surface area contributed by atoms with E-state index in [1.165, 1.54) is 11.8 Å². The second-order valence-corrected chi connectivity index (χ2v) is 6.93. The van der Waals surface area contributed by atoms with Crippen LogP contribution in [0.4, 0.5) is 0 Å². The van der Waals surface area contributed by atoms with Gasteiger partial charge in [-0.1, -0.05) is 23.9 Å². The summed E-state index contributed by atoms with van der Waals surface area (Å²) in [4.78, 5) is 12.6. The standard InChI is InChI=1S/C20H21N3O3S/c1-13-6-5-7-16(10-13)23-14(2)21-22-20(23)27-12-17(24)15-8-9-18(25-3)19(11-15)26-4/h5-11H,12H2,1-4H3. The van der Waals surface area contributed by atoms with Crippen molar-refractivity contribution in [1.29, 1.82) is 0 Å². The van der Waals surface area contributed by atoms with Crippen LogP contribution >= 0.6 is 11.8 Å². The van der Waals surface area contributed by atoms with Crippen LogP contribution in [0.15, 0.2) is 47.6 Å². The van der Waals surface area contributed by atoms with E-state index in [2.05, 4.69) is 16.3 Å². The van der Waals surface area contributed by atoms with Gasteiger partial charge in [0.15, 0.2) is 22.4 Å². The summed E-state index contributed by atoms with van der Waals surface area (Å²) in [6.07, 6.45) is 0. The zero-order valence-electron chi connectivity index (χ0n) is 15.7. The molecule has 0 radical (unpaired) electrons. The second-order valence-electron chi connectivity index (χ2n) is 5.99. The van der Waals surface area contributed by atoms with Gasteiger partial charge in [-0.15, -0.1) is 10.2 Å². The highest BCUT2D eigenvalue weighted by Gasteiger charge is 2.16. The fourth-order valence-electron chi connectivity index (χ4n) is 2.72. The number of ketones is 1. The van der Waals surface area contributed by atoms with E-state index in [1.807, 2.05) is 36.6 Å². The van der Waals surface area contributed by atoms with Crippen LogP contribution < -0.4 is 9.47 Å². The minimum absolute atomic E-state index is 0.0163. The summed E-state index contributed by atoms with van der Waals surface area (Å²) in [5.74, 6) is 2.14. The summed E-state index contributed by atoms with van der Waals surface area (Å²) in [7, 11) is 3.11. The first kappa shape index (κ1) is 19.0. The molecule has 0 saturated heterocycles. The lowest BCUT2D eigenvalue weighted by Gasteiger charge is -2.10. The number of thioether (sulfide) groups is 1. The molecule has 140 valence electrons. The topological polar surface area (TPSA) is 66.2 Å². The first-order chi connectivity index (χ1) is 13.0. The van der Waals surface area contributed by atoms with Crippen molar-refractivity contribution in [3.05, 3.63) is 59.4 Å². The molecule has 0 aliphatic rings. The lowest BCUT2D eigenvalue weighted by atomic mass is 10.1. The van der Waals surface area contributed by atoms with E-state index in [4.69, 9.17) is 9.47 Å². The minimum atomic E-state index is -0.0163. The van der Waals surface area contributed by atoms with Crippen molar-refractivity contribution in [2.45, 2.75) is 19.0 Å². The van der Waals surface area contributed by atoms with Crippen molar-refractivity contribution >= 4 is 17.5 Å². The molecule has 0 N–H and O–H groups in total. The normalized spacial score (nSPS) is 10.7. The zero-order chi connectivity index (χ0) is 19.4. The van der Waals surface area contributed by atoms with Crippen molar-refractivity contribution < 1.29 is 14.3 Å². The van der Waals surface area contributed by atoms with Gasteiger partial charge in [0.2, 0.25) is 0 Å². The molecular weight excluding hydrogens is 362 g/mol. The number of rotatable bonds is 7. The van der Waals surface area contributed by atoms with Gasteiger partial charge in [0.25, 0.3) is 0 Å². The fourth-order valence-corrected chi connectivity index (χ4v) is 3.62. The minimum Gasteiger partial charge on any atom is -0.493 e. The van der Waals surface area contributed by atoms with Gasteiger partial charge in [-0.2, -0.15) is 0 Å². The summed E-state index contributed by atoms with van der Waals surface area (Å²) in [6.45, 7) is 3.94. The molecular formula is C20H21N3O3S. The molecule has 3 rings (SSSR count).